The number of nitrogens with one attached hydrogen (secondary N) is 1. The molecule has 3 amide bonds. The molecule has 0 aliphatic carbocycles. The first-order chi connectivity index (χ1) is 15.5. The summed E-state index contributed by atoms with van der Waals surface area (Å²) in [4.78, 5) is 39.5. The van der Waals surface area contributed by atoms with Gasteiger partial charge in [0, 0.05) is 0 Å². The molecule has 3 aromatic carbocycles. The molecule has 0 radical (unpaired) electrons. The number of ether oxygens (including phenoxy) is 1. The second kappa shape index (κ2) is 9.06. The SMILES string of the molecule is CC[C@H](C)c1ccc(OCC(=O)Nc2cccc3c2C(=O)N(c2ccccc2)C3=O)cc1. The van der Waals surface area contributed by atoms with Gasteiger partial charge in [-0.15, -0.1) is 0 Å². The van der Waals surface area contributed by atoms with Crippen LogP contribution in [0.25, 0.3) is 0 Å². The normalized spacial score (nSPS) is 13.6. The Labute approximate surface area is 186 Å². The molecule has 4 rings (SSSR count). The number of imide groups is 1. The van der Waals surface area contributed by atoms with Crippen molar-refractivity contribution in [3.05, 3.63) is 89.5 Å². The van der Waals surface area contributed by atoms with E-state index in [1.54, 1.807) is 42.5 Å². The topological polar surface area (TPSA) is 75.7 Å². The first-order valence-electron chi connectivity index (χ1n) is 10.6. The van der Waals surface area contributed by atoms with E-state index in [9.17, 15) is 14.4 Å². The van der Waals surface area contributed by atoms with Gasteiger partial charge in [-0.3, -0.25) is 14.4 Å². The van der Waals surface area contributed by atoms with Gasteiger partial charge in [-0.25, -0.2) is 4.90 Å². The van der Waals surface area contributed by atoms with Gasteiger partial charge in [-0.1, -0.05) is 50.2 Å². The standard InChI is InChI=1S/C26H24N2O4/c1-3-17(2)18-12-14-20(15-13-18)32-16-23(29)27-22-11-7-10-21-24(22)26(31)28(25(21)30)19-8-5-4-6-9-19/h4-15,17H,3,16H2,1-2H3,(H,27,29)/t17-/m0/s1. The number of carbonyl (C=O) groups is 3. The molecular weight excluding hydrogens is 404 g/mol. The largest absolute Gasteiger partial charge is 0.484 e. The molecule has 0 saturated heterocycles. The van der Waals surface area contributed by atoms with Crippen LogP contribution in [0.4, 0.5) is 11.4 Å². The number of rotatable bonds is 7. The highest BCUT2D eigenvalue weighted by molar-refractivity contribution is 6.36. The van der Waals surface area contributed by atoms with E-state index in [0.717, 1.165) is 11.3 Å². The number of amides is 3. The molecule has 0 aromatic heterocycles. The van der Waals surface area contributed by atoms with Gasteiger partial charge in [-0.2, -0.15) is 0 Å². The number of nitrogens with zero attached hydrogens (tertiary/aromatic N) is 1. The highest BCUT2D eigenvalue weighted by Crippen LogP contribution is 2.32. The fourth-order valence-corrected chi connectivity index (χ4v) is 3.66. The van der Waals surface area contributed by atoms with Crippen molar-refractivity contribution in [3.8, 4) is 5.75 Å². The van der Waals surface area contributed by atoms with Crippen LogP contribution in [0.2, 0.25) is 0 Å². The van der Waals surface area contributed by atoms with Gasteiger partial charge in [-0.05, 0) is 54.3 Å². The molecule has 1 aliphatic heterocycles. The monoisotopic (exact) mass is 428 g/mol. The van der Waals surface area contributed by atoms with Crippen LogP contribution >= 0.6 is 0 Å². The number of hydrogen-bond donors (Lipinski definition) is 1. The molecule has 0 fully saturated rings. The van der Waals surface area contributed by atoms with Crippen molar-refractivity contribution in [1.82, 2.24) is 0 Å². The molecule has 1 N–H and O–H groups in total. The zero-order valence-corrected chi connectivity index (χ0v) is 18.0. The van der Waals surface area contributed by atoms with E-state index in [2.05, 4.69) is 19.2 Å². The summed E-state index contributed by atoms with van der Waals surface area (Å²) in [6.45, 7) is 4.08. The van der Waals surface area contributed by atoms with Crippen LogP contribution in [0.5, 0.6) is 5.75 Å². The smallest absolute Gasteiger partial charge is 0.268 e. The summed E-state index contributed by atoms with van der Waals surface area (Å²) in [6, 6.07) is 21.2. The predicted octanol–water partition coefficient (Wildman–Crippen LogP) is 5.02. The van der Waals surface area contributed by atoms with Crippen molar-refractivity contribution in [3.63, 3.8) is 0 Å². The van der Waals surface area contributed by atoms with Gasteiger partial charge < -0.3 is 10.1 Å². The quantitative estimate of drug-likeness (QED) is 0.536. The molecule has 1 heterocycles. The molecule has 1 atom stereocenters. The summed E-state index contributed by atoms with van der Waals surface area (Å²) in [7, 11) is 0. The average molecular weight is 428 g/mol. The van der Waals surface area contributed by atoms with E-state index in [1.165, 1.54) is 5.56 Å². The third-order valence-electron chi connectivity index (χ3n) is 5.63. The zero-order chi connectivity index (χ0) is 22.7. The number of carbonyl (C=O) groups excluding carboxylic acids is 3. The number of fused-ring (bicyclic) bond motifs is 1. The number of hydrogen-bond acceptors (Lipinski definition) is 4. The second-order valence-electron chi connectivity index (χ2n) is 7.72. The molecule has 6 nitrogen and oxygen atoms in total. The lowest BCUT2D eigenvalue weighted by atomic mass is 9.99. The van der Waals surface area contributed by atoms with Crippen molar-refractivity contribution >= 4 is 29.1 Å². The predicted molar refractivity (Wildman–Crippen MR) is 123 cm³/mol. The van der Waals surface area contributed by atoms with Crippen molar-refractivity contribution in [2.45, 2.75) is 26.2 Å². The minimum Gasteiger partial charge on any atom is -0.484 e. The van der Waals surface area contributed by atoms with Crippen LogP contribution in [-0.4, -0.2) is 24.3 Å². The second-order valence-corrected chi connectivity index (χ2v) is 7.72. The van der Waals surface area contributed by atoms with Crippen LogP contribution in [0.15, 0.2) is 72.8 Å². The summed E-state index contributed by atoms with van der Waals surface area (Å²) in [5, 5.41) is 2.71. The maximum atomic E-state index is 13.0. The summed E-state index contributed by atoms with van der Waals surface area (Å²) in [5.41, 5.74) is 2.45. The van der Waals surface area contributed by atoms with E-state index in [-0.39, 0.29) is 17.7 Å². The van der Waals surface area contributed by atoms with Crippen molar-refractivity contribution in [1.29, 1.82) is 0 Å². The van der Waals surface area contributed by atoms with Crippen LogP contribution in [-0.2, 0) is 4.79 Å². The lowest BCUT2D eigenvalue weighted by molar-refractivity contribution is -0.118. The van der Waals surface area contributed by atoms with Gasteiger partial charge in [0.25, 0.3) is 17.7 Å². The Hall–Kier alpha value is -3.93. The van der Waals surface area contributed by atoms with E-state index in [0.29, 0.717) is 23.0 Å². The Kier molecular flexibility index (Phi) is 6.03. The molecule has 0 bridgehead atoms. The van der Waals surface area contributed by atoms with E-state index in [1.807, 2.05) is 30.3 Å². The lowest BCUT2D eigenvalue weighted by Crippen LogP contribution is -2.29. The van der Waals surface area contributed by atoms with Crippen LogP contribution < -0.4 is 15.0 Å². The van der Waals surface area contributed by atoms with Crippen LogP contribution in [0, 0.1) is 0 Å². The van der Waals surface area contributed by atoms with Gasteiger partial charge >= 0.3 is 0 Å². The number of benzene rings is 3. The first-order valence-corrected chi connectivity index (χ1v) is 10.6. The van der Waals surface area contributed by atoms with Gasteiger partial charge in [0.05, 0.1) is 22.5 Å². The van der Waals surface area contributed by atoms with Crippen molar-refractivity contribution in [2.24, 2.45) is 0 Å². The Morgan fingerprint density at radius 2 is 1.66 bits per heavy atom. The zero-order valence-electron chi connectivity index (χ0n) is 18.0. The molecule has 32 heavy (non-hydrogen) atoms. The third-order valence-corrected chi connectivity index (χ3v) is 5.63. The molecule has 162 valence electrons. The first kappa shape index (κ1) is 21.3. The highest BCUT2D eigenvalue weighted by atomic mass is 16.5. The van der Waals surface area contributed by atoms with E-state index >= 15 is 0 Å². The minimum absolute atomic E-state index is 0.188. The Balaban J connectivity index is 1.46. The lowest BCUT2D eigenvalue weighted by Gasteiger charge is -2.14. The Bertz CT molecular complexity index is 1160. The molecule has 0 spiro atoms. The maximum Gasteiger partial charge on any atom is 0.268 e. The summed E-state index contributed by atoms with van der Waals surface area (Å²) in [6.07, 6.45) is 1.05. The van der Waals surface area contributed by atoms with Gasteiger partial charge in [0.1, 0.15) is 5.75 Å². The molecule has 6 heteroatoms. The van der Waals surface area contributed by atoms with Gasteiger partial charge in [0.15, 0.2) is 6.61 Å². The fraction of sp³-hybridized carbons (Fsp3) is 0.192. The maximum absolute atomic E-state index is 13.0. The fourth-order valence-electron chi connectivity index (χ4n) is 3.66. The number of anilines is 2. The minimum atomic E-state index is -0.464. The van der Waals surface area contributed by atoms with Crippen molar-refractivity contribution < 1.29 is 19.1 Å². The molecule has 0 unspecified atom stereocenters. The summed E-state index contributed by atoms with van der Waals surface area (Å²) >= 11 is 0. The molecule has 1 aliphatic rings. The number of para-hydroxylation sites is 1. The van der Waals surface area contributed by atoms with E-state index < -0.39 is 17.7 Å². The molecular formula is C26H24N2O4. The molecule has 3 aromatic rings. The van der Waals surface area contributed by atoms with Gasteiger partial charge in [0.2, 0.25) is 0 Å². The van der Waals surface area contributed by atoms with Crippen molar-refractivity contribution in [2.75, 3.05) is 16.8 Å². The van der Waals surface area contributed by atoms with Crippen LogP contribution in [0.1, 0.15) is 52.5 Å². The van der Waals surface area contributed by atoms with Crippen LogP contribution in [0.3, 0.4) is 0 Å². The summed E-state index contributed by atoms with van der Waals surface area (Å²) < 4.78 is 5.59. The summed E-state index contributed by atoms with van der Waals surface area (Å²) in [5.74, 6) is -0.239. The molecule has 0 saturated carbocycles. The highest BCUT2D eigenvalue weighted by Gasteiger charge is 2.38. The third kappa shape index (κ3) is 4.12. The Morgan fingerprint density at radius 3 is 2.34 bits per heavy atom. The Morgan fingerprint density at radius 1 is 0.938 bits per heavy atom. The average Bonchev–Trinajstić information content (AvgIpc) is 3.08. The van der Waals surface area contributed by atoms with E-state index in [4.69, 9.17) is 4.74 Å².